The van der Waals surface area contributed by atoms with Crippen LogP contribution in [0.3, 0.4) is 0 Å². The quantitative estimate of drug-likeness (QED) is 0.336. The van der Waals surface area contributed by atoms with Gasteiger partial charge in [0, 0.05) is 31.9 Å². The molecule has 0 unspecified atom stereocenters. The van der Waals surface area contributed by atoms with E-state index in [2.05, 4.69) is 9.99 Å². The molecule has 0 fully saturated rings. The maximum absolute atomic E-state index is 11.9. The van der Waals surface area contributed by atoms with E-state index in [4.69, 9.17) is 0 Å². The van der Waals surface area contributed by atoms with E-state index in [1.165, 1.54) is 6.21 Å². The Kier molecular flexibility index (Phi) is 5.58. The summed E-state index contributed by atoms with van der Waals surface area (Å²) in [4.78, 5) is 38.5. The van der Waals surface area contributed by atoms with Crippen LogP contribution in [0.1, 0.15) is 15.9 Å². The number of rotatable bonds is 6. The number of non-ortho nitro benzene ring substituents is 2. The van der Waals surface area contributed by atoms with Gasteiger partial charge in [-0.15, -0.1) is 0 Å². The van der Waals surface area contributed by atoms with Crippen molar-refractivity contribution in [2.45, 2.75) is 0 Å². The fourth-order valence-corrected chi connectivity index (χ4v) is 1.97. The highest BCUT2D eigenvalue weighted by Gasteiger charge is 2.20. The first-order chi connectivity index (χ1) is 12.3. The van der Waals surface area contributed by atoms with Crippen LogP contribution in [0.2, 0.25) is 0 Å². The third kappa shape index (κ3) is 4.60. The predicted octanol–water partition coefficient (Wildman–Crippen LogP) is 2.76. The highest BCUT2D eigenvalue weighted by molar-refractivity contribution is 5.91. The van der Waals surface area contributed by atoms with Crippen LogP contribution in [-0.4, -0.2) is 36.1 Å². The van der Waals surface area contributed by atoms with Gasteiger partial charge in [-0.1, -0.05) is 17.3 Å². The lowest BCUT2D eigenvalue weighted by Gasteiger charge is -2.11. The molecule has 10 heteroatoms. The molecule has 0 amide bonds. The van der Waals surface area contributed by atoms with Crippen LogP contribution in [0.25, 0.3) is 0 Å². The second-order valence-corrected chi connectivity index (χ2v) is 5.35. The van der Waals surface area contributed by atoms with Gasteiger partial charge in [0.05, 0.1) is 27.7 Å². The first kappa shape index (κ1) is 18.5. The molecule has 0 aliphatic carbocycles. The number of nitrogens with zero attached hydrogens (tertiary/aromatic N) is 4. The van der Waals surface area contributed by atoms with Crippen LogP contribution < -0.4 is 4.90 Å². The summed E-state index contributed by atoms with van der Waals surface area (Å²) in [6, 6.07) is 9.72. The first-order valence-corrected chi connectivity index (χ1v) is 7.24. The number of benzene rings is 2. The lowest BCUT2D eigenvalue weighted by molar-refractivity contribution is -0.394. The molecular weight excluding hydrogens is 344 g/mol. The van der Waals surface area contributed by atoms with Crippen molar-refractivity contribution < 1.29 is 19.5 Å². The van der Waals surface area contributed by atoms with Crippen LogP contribution in [-0.2, 0) is 4.84 Å². The number of carbonyl (C=O) groups excluding carboxylic acids is 1. The zero-order chi connectivity index (χ0) is 19.3. The molecule has 0 radical (unpaired) electrons. The minimum atomic E-state index is -1.04. The van der Waals surface area contributed by atoms with Gasteiger partial charge in [0.15, 0.2) is 0 Å². The molecular formula is C16H14N4O6. The van der Waals surface area contributed by atoms with Crippen molar-refractivity contribution in [3.05, 3.63) is 73.8 Å². The molecule has 134 valence electrons. The van der Waals surface area contributed by atoms with Crippen LogP contribution in [0.5, 0.6) is 0 Å². The molecule has 2 aromatic rings. The van der Waals surface area contributed by atoms with Gasteiger partial charge < -0.3 is 9.74 Å². The van der Waals surface area contributed by atoms with Crippen molar-refractivity contribution in [1.82, 2.24) is 0 Å². The largest absolute Gasteiger partial charge is 0.378 e. The normalized spacial score (nSPS) is 10.5. The van der Waals surface area contributed by atoms with Crippen molar-refractivity contribution in [1.29, 1.82) is 0 Å². The number of hydrogen-bond acceptors (Lipinski definition) is 8. The lowest BCUT2D eigenvalue weighted by Crippen LogP contribution is -2.08. The summed E-state index contributed by atoms with van der Waals surface area (Å²) in [6.45, 7) is 0. The Morgan fingerprint density at radius 1 is 1.04 bits per heavy atom. The highest BCUT2D eigenvalue weighted by Crippen LogP contribution is 2.23. The van der Waals surface area contributed by atoms with E-state index < -0.39 is 27.2 Å². The van der Waals surface area contributed by atoms with Gasteiger partial charge in [-0.25, -0.2) is 4.79 Å². The predicted molar refractivity (Wildman–Crippen MR) is 93.5 cm³/mol. The monoisotopic (exact) mass is 358 g/mol. The molecule has 0 bridgehead atoms. The van der Waals surface area contributed by atoms with Gasteiger partial charge in [-0.05, 0) is 17.7 Å². The summed E-state index contributed by atoms with van der Waals surface area (Å²) in [5, 5.41) is 25.2. The molecule has 26 heavy (non-hydrogen) atoms. The van der Waals surface area contributed by atoms with Gasteiger partial charge in [0.25, 0.3) is 11.4 Å². The van der Waals surface area contributed by atoms with E-state index in [0.29, 0.717) is 5.56 Å². The van der Waals surface area contributed by atoms with Crippen molar-refractivity contribution >= 4 is 29.2 Å². The number of carbonyl (C=O) groups is 1. The number of oxime groups is 1. The van der Waals surface area contributed by atoms with E-state index >= 15 is 0 Å². The molecule has 10 nitrogen and oxygen atoms in total. The molecule has 0 atom stereocenters. The van der Waals surface area contributed by atoms with Crippen LogP contribution in [0.4, 0.5) is 17.1 Å². The molecule has 0 aliphatic rings. The summed E-state index contributed by atoms with van der Waals surface area (Å²) >= 11 is 0. The fraction of sp³-hybridized carbons (Fsp3) is 0.125. The molecule has 0 N–H and O–H groups in total. The van der Waals surface area contributed by atoms with Gasteiger partial charge >= 0.3 is 5.97 Å². The summed E-state index contributed by atoms with van der Waals surface area (Å²) in [6.07, 6.45) is 1.28. The minimum absolute atomic E-state index is 0.342. The molecule has 0 saturated heterocycles. The zero-order valence-electron chi connectivity index (χ0n) is 13.9. The fourth-order valence-electron chi connectivity index (χ4n) is 1.97. The number of anilines is 1. The van der Waals surface area contributed by atoms with E-state index in [9.17, 15) is 25.0 Å². The standard InChI is InChI=1S/C16H14N4O6/c1-18(2)13-5-3-11(4-6-13)10-17-26-16(21)12-7-14(19(22)23)9-15(8-12)20(24)25/h3-10H,1-2H3/b17-10+. The van der Waals surface area contributed by atoms with Crippen molar-refractivity contribution in [3.8, 4) is 0 Å². The Hall–Kier alpha value is -3.82. The van der Waals surface area contributed by atoms with E-state index in [1.54, 1.807) is 12.1 Å². The molecule has 0 heterocycles. The van der Waals surface area contributed by atoms with Crippen molar-refractivity contribution in [2.24, 2.45) is 5.16 Å². The molecule has 0 spiro atoms. The van der Waals surface area contributed by atoms with Crippen molar-refractivity contribution in [3.63, 3.8) is 0 Å². The smallest absolute Gasteiger partial charge is 0.366 e. The second-order valence-electron chi connectivity index (χ2n) is 5.35. The van der Waals surface area contributed by atoms with Crippen LogP contribution in [0, 0.1) is 20.2 Å². The average molecular weight is 358 g/mol. The number of hydrogen-bond donors (Lipinski definition) is 0. The zero-order valence-corrected chi connectivity index (χ0v) is 13.9. The van der Waals surface area contributed by atoms with E-state index in [1.807, 2.05) is 31.1 Å². The minimum Gasteiger partial charge on any atom is -0.378 e. The first-order valence-electron chi connectivity index (χ1n) is 7.24. The molecule has 0 aliphatic heterocycles. The molecule has 2 aromatic carbocycles. The molecule has 2 rings (SSSR count). The van der Waals surface area contributed by atoms with Crippen LogP contribution >= 0.6 is 0 Å². The maximum atomic E-state index is 11.9. The van der Waals surface area contributed by atoms with E-state index in [-0.39, 0.29) is 5.56 Å². The summed E-state index contributed by atoms with van der Waals surface area (Å²) in [7, 11) is 3.78. The van der Waals surface area contributed by atoms with Gasteiger partial charge in [-0.2, -0.15) is 0 Å². The SMILES string of the molecule is CN(C)c1ccc(/C=N/OC(=O)c2cc([N+](=O)[O-])cc([N+](=O)[O-])c2)cc1. The summed E-state index contributed by atoms with van der Waals surface area (Å²) in [5.41, 5.74) is 0.117. The summed E-state index contributed by atoms with van der Waals surface area (Å²) < 4.78 is 0. The maximum Gasteiger partial charge on any atom is 0.366 e. The Morgan fingerprint density at radius 2 is 1.58 bits per heavy atom. The topological polar surface area (TPSA) is 128 Å². The lowest BCUT2D eigenvalue weighted by atomic mass is 10.2. The highest BCUT2D eigenvalue weighted by atomic mass is 16.7. The van der Waals surface area contributed by atoms with Gasteiger partial charge in [0.1, 0.15) is 0 Å². The Bertz CT molecular complexity index is 845. The van der Waals surface area contributed by atoms with Gasteiger partial charge in [-0.3, -0.25) is 20.2 Å². The second kappa shape index (κ2) is 7.83. The number of nitro groups is 2. The third-order valence-electron chi connectivity index (χ3n) is 3.31. The molecule has 0 saturated carbocycles. The van der Waals surface area contributed by atoms with Gasteiger partial charge in [0.2, 0.25) is 0 Å². The Balaban J connectivity index is 2.14. The third-order valence-corrected chi connectivity index (χ3v) is 3.31. The molecule has 0 aromatic heterocycles. The van der Waals surface area contributed by atoms with E-state index in [0.717, 1.165) is 23.9 Å². The van der Waals surface area contributed by atoms with Crippen molar-refractivity contribution in [2.75, 3.05) is 19.0 Å². The number of nitro benzene ring substituents is 2. The Labute approximate surface area is 147 Å². The summed E-state index contributed by atoms with van der Waals surface area (Å²) in [5.74, 6) is -1.04. The van der Waals surface area contributed by atoms with Crippen LogP contribution in [0.15, 0.2) is 47.6 Å². The average Bonchev–Trinajstić information content (AvgIpc) is 2.61. The Morgan fingerprint density at radius 3 is 2.04 bits per heavy atom.